The van der Waals surface area contributed by atoms with E-state index in [9.17, 15) is 25.0 Å². The first-order valence-electron chi connectivity index (χ1n) is 6.28. The van der Waals surface area contributed by atoms with Gasteiger partial charge < -0.3 is 20.7 Å². The number of hydrogen-bond donors (Lipinski definition) is 3. The Balaban J connectivity index is 2.78. The molecular weight excluding hydrogens is 312 g/mol. The molecule has 2 heterocycles. The third kappa shape index (κ3) is 2.50. The van der Waals surface area contributed by atoms with E-state index in [1.165, 1.54) is 26.0 Å². The first-order valence-corrected chi connectivity index (χ1v) is 6.66. The number of pyridine rings is 1. The van der Waals surface area contributed by atoms with Crippen LogP contribution in [0.4, 0.5) is 0 Å². The molecule has 1 aromatic heterocycles. The van der Waals surface area contributed by atoms with Crippen molar-refractivity contribution in [1.29, 1.82) is 0 Å². The molecule has 0 fully saturated rings. The number of carboxylic acid groups (broad SMARTS) is 2. The van der Waals surface area contributed by atoms with Crippen molar-refractivity contribution in [3.8, 4) is 0 Å². The Bertz CT molecular complexity index is 703. The van der Waals surface area contributed by atoms with Crippen LogP contribution in [0.1, 0.15) is 25.3 Å². The van der Waals surface area contributed by atoms with Crippen molar-refractivity contribution in [3.05, 3.63) is 56.8 Å². The number of nitrogens with one attached hydrogen (secondary N) is 1. The molecule has 0 spiro atoms. The van der Waals surface area contributed by atoms with Crippen LogP contribution < -0.4 is 10.0 Å². The molecule has 0 atom stereocenters. The maximum absolute atomic E-state index is 11.6. The topological polar surface area (TPSA) is 114 Å². The van der Waals surface area contributed by atoms with Gasteiger partial charge in [0.2, 0.25) is 0 Å². The van der Waals surface area contributed by atoms with Crippen LogP contribution in [-0.4, -0.2) is 22.2 Å². The van der Waals surface area contributed by atoms with E-state index in [2.05, 4.69) is 5.32 Å². The first-order chi connectivity index (χ1) is 10.3. The Hall–Kier alpha value is -2.54. The van der Waals surface area contributed by atoms with Crippen LogP contribution in [0.15, 0.2) is 40.9 Å². The molecule has 22 heavy (non-hydrogen) atoms. The summed E-state index contributed by atoms with van der Waals surface area (Å²) in [5.41, 5.74) is 0.427. The van der Waals surface area contributed by atoms with Crippen LogP contribution in [0.3, 0.4) is 0 Å². The van der Waals surface area contributed by atoms with Crippen molar-refractivity contribution in [2.24, 2.45) is 0 Å². The van der Waals surface area contributed by atoms with Crippen LogP contribution in [0, 0.1) is 5.21 Å². The Morgan fingerprint density at radius 2 is 1.73 bits per heavy atom. The van der Waals surface area contributed by atoms with Gasteiger partial charge in [-0.2, -0.15) is 4.73 Å². The van der Waals surface area contributed by atoms with Crippen molar-refractivity contribution in [1.82, 2.24) is 5.32 Å². The summed E-state index contributed by atoms with van der Waals surface area (Å²) in [5, 5.41) is 33.0. The maximum atomic E-state index is 11.6. The molecule has 116 valence electrons. The lowest BCUT2D eigenvalue weighted by atomic mass is 9.81. The molecule has 3 N–H and O–H groups in total. The molecule has 0 aliphatic carbocycles. The lowest BCUT2D eigenvalue weighted by Crippen LogP contribution is -2.34. The fourth-order valence-corrected chi connectivity index (χ4v) is 2.80. The Kier molecular flexibility index (Phi) is 4.09. The van der Waals surface area contributed by atoms with Gasteiger partial charge in [0, 0.05) is 17.5 Å². The number of dihydropyridines is 1. The molecule has 1 aliphatic heterocycles. The lowest BCUT2D eigenvalue weighted by Gasteiger charge is -2.28. The Labute approximate surface area is 130 Å². The average Bonchev–Trinajstić information content (AvgIpc) is 2.39. The highest BCUT2D eigenvalue weighted by Gasteiger charge is 2.39. The number of hydrogen-bond acceptors (Lipinski definition) is 4. The summed E-state index contributed by atoms with van der Waals surface area (Å²) < 4.78 is 0.364. The van der Waals surface area contributed by atoms with Crippen LogP contribution in [0.5, 0.6) is 0 Å². The molecule has 1 aliphatic rings. The van der Waals surface area contributed by atoms with Gasteiger partial charge in [-0.15, -0.1) is 0 Å². The van der Waals surface area contributed by atoms with Crippen LogP contribution >= 0.6 is 11.6 Å². The first kappa shape index (κ1) is 15.8. The molecule has 8 heteroatoms. The minimum atomic E-state index is -1.28. The van der Waals surface area contributed by atoms with Crippen molar-refractivity contribution in [2.45, 2.75) is 19.8 Å². The molecule has 0 saturated heterocycles. The zero-order chi connectivity index (χ0) is 16.6. The minimum absolute atomic E-state index is 0.133. The number of carbonyl (C=O) groups is 2. The molecule has 0 bridgehead atoms. The van der Waals surface area contributed by atoms with E-state index in [-0.39, 0.29) is 21.9 Å². The van der Waals surface area contributed by atoms with E-state index in [1.807, 2.05) is 0 Å². The summed E-state index contributed by atoms with van der Waals surface area (Å²) in [6.07, 6.45) is 1.15. The molecule has 0 saturated carbocycles. The second-order valence-corrected chi connectivity index (χ2v) is 5.18. The minimum Gasteiger partial charge on any atom is -0.618 e. The van der Waals surface area contributed by atoms with E-state index in [0.29, 0.717) is 16.1 Å². The molecule has 7 nitrogen and oxygen atoms in total. The number of carboxylic acids is 2. The van der Waals surface area contributed by atoms with Crippen LogP contribution in [0.2, 0.25) is 5.15 Å². The van der Waals surface area contributed by atoms with Crippen molar-refractivity contribution >= 4 is 23.5 Å². The highest BCUT2D eigenvalue weighted by molar-refractivity contribution is 6.29. The van der Waals surface area contributed by atoms with Crippen molar-refractivity contribution < 1.29 is 24.5 Å². The summed E-state index contributed by atoms with van der Waals surface area (Å²) >= 11 is 5.96. The summed E-state index contributed by atoms with van der Waals surface area (Å²) in [7, 11) is 0. The molecule has 0 amide bonds. The molecule has 2 rings (SSSR count). The summed E-state index contributed by atoms with van der Waals surface area (Å²) in [6.45, 7) is 3.06. The van der Waals surface area contributed by atoms with E-state index in [1.54, 1.807) is 0 Å². The predicted octanol–water partition coefficient (Wildman–Crippen LogP) is 1.38. The molecule has 1 aromatic rings. The molecule has 0 aromatic carbocycles. The normalized spacial score (nSPS) is 15.8. The second-order valence-electron chi connectivity index (χ2n) is 4.83. The summed E-state index contributed by atoms with van der Waals surface area (Å²) in [4.78, 5) is 23.2. The number of allylic oxidation sites excluding steroid dienone is 2. The highest BCUT2D eigenvalue weighted by atomic mass is 35.5. The Morgan fingerprint density at radius 3 is 2.18 bits per heavy atom. The fourth-order valence-electron chi connectivity index (χ4n) is 2.57. The van der Waals surface area contributed by atoms with Crippen LogP contribution in [0.25, 0.3) is 0 Å². The number of aliphatic carboxylic acids is 2. The van der Waals surface area contributed by atoms with Gasteiger partial charge in [0.1, 0.15) is 0 Å². The van der Waals surface area contributed by atoms with Gasteiger partial charge in [0.25, 0.3) is 5.15 Å². The lowest BCUT2D eigenvalue weighted by molar-refractivity contribution is -0.603. The van der Waals surface area contributed by atoms with E-state index < -0.39 is 17.9 Å². The van der Waals surface area contributed by atoms with E-state index in [0.717, 1.165) is 6.20 Å². The third-order valence-corrected chi connectivity index (χ3v) is 3.85. The smallest absolute Gasteiger partial charge is 0.334 e. The second kappa shape index (κ2) is 5.69. The van der Waals surface area contributed by atoms with Gasteiger partial charge in [0.05, 0.1) is 22.6 Å². The number of halogens is 1. The monoisotopic (exact) mass is 324 g/mol. The van der Waals surface area contributed by atoms with Gasteiger partial charge in [-0.05, 0) is 31.5 Å². The summed E-state index contributed by atoms with van der Waals surface area (Å²) in [5.74, 6) is -3.69. The maximum Gasteiger partial charge on any atom is 0.334 e. The van der Waals surface area contributed by atoms with E-state index >= 15 is 0 Å². The largest absolute Gasteiger partial charge is 0.618 e. The zero-order valence-corrected chi connectivity index (χ0v) is 12.5. The average molecular weight is 325 g/mol. The summed E-state index contributed by atoms with van der Waals surface area (Å²) in [6, 6.07) is 2.83. The van der Waals surface area contributed by atoms with E-state index in [4.69, 9.17) is 11.6 Å². The van der Waals surface area contributed by atoms with Gasteiger partial charge in [-0.1, -0.05) is 0 Å². The Morgan fingerprint density at radius 1 is 1.23 bits per heavy atom. The van der Waals surface area contributed by atoms with Gasteiger partial charge in [-0.25, -0.2) is 9.59 Å². The number of nitrogens with zero attached hydrogens (tertiary/aromatic N) is 1. The number of rotatable bonds is 3. The van der Waals surface area contributed by atoms with Gasteiger partial charge in [0.15, 0.2) is 6.20 Å². The van der Waals surface area contributed by atoms with Crippen LogP contribution in [-0.2, 0) is 9.59 Å². The van der Waals surface area contributed by atoms with Crippen molar-refractivity contribution in [3.63, 3.8) is 0 Å². The fraction of sp³-hybridized carbons (Fsp3) is 0.214. The highest BCUT2D eigenvalue weighted by Crippen LogP contribution is 2.39. The van der Waals surface area contributed by atoms with Gasteiger partial charge in [-0.3, -0.25) is 0 Å². The standard InChI is InChI=1S/C14H13ClN2O5/c1-6-9(13(18)19)11(10(14(20)21)7(2)16-6)8-4-3-5-17(22)12(8)15/h3-5,11,16H,1-2H3,(H,18,19)(H,20,21). The van der Waals surface area contributed by atoms with Crippen molar-refractivity contribution in [2.75, 3.05) is 0 Å². The van der Waals surface area contributed by atoms with Gasteiger partial charge >= 0.3 is 11.9 Å². The SMILES string of the molecule is CC1=C(C(=O)O)C(c2ccc[n+]([O-])c2Cl)C(C(=O)O)=C(C)N1. The molecule has 0 unspecified atom stereocenters. The zero-order valence-electron chi connectivity index (χ0n) is 11.8. The number of aromatic nitrogens is 1. The predicted molar refractivity (Wildman–Crippen MR) is 77.0 cm³/mol. The molecular formula is C14H13ClN2O5. The molecule has 0 radical (unpaired) electrons. The third-order valence-electron chi connectivity index (χ3n) is 3.46. The quantitative estimate of drug-likeness (QED) is 0.440.